The van der Waals surface area contributed by atoms with E-state index in [2.05, 4.69) is 15.0 Å². The SMILES string of the molecule is CCOC(=O)c1sc(NC(=O)C2CCC2)nc1C(F)(F)F. The number of hydrogen-bond donors (Lipinski definition) is 1. The third-order valence-corrected chi connectivity index (χ3v) is 4.01. The van der Waals surface area contributed by atoms with Crippen LogP contribution in [0, 0.1) is 5.92 Å². The van der Waals surface area contributed by atoms with Crippen molar-refractivity contribution >= 4 is 28.3 Å². The Balaban J connectivity index is 2.23. The van der Waals surface area contributed by atoms with Gasteiger partial charge in [0.1, 0.15) is 4.88 Å². The highest BCUT2D eigenvalue weighted by molar-refractivity contribution is 7.17. The molecule has 1 aliphatic carbocycles. The molecule has 9 heteroatoms. The van der Waals surface area contributed by atoms with E-state index in [0.29, 0.717) is 24.2 Å². The average molecular weight is 322 g/mol. The van der Waals surface area contributed by atoms with Crippen LogP contribution in [0.2, 0.25) is 0 Å². The summed E-state index contributed by atoms with van der Waals surface area (Å²) >= 11 is 0.477. The van der Waals surface area contributed by atoms with Crippen molar-refractivity contribution in [3.63, 3.8) is 0 Å². The van der Waals surface area contributed by atoms with Gasteiger partial charge in [-0.2, -0.15) is 13.2 Å². The van der Waals surface area contributed by atoms with Crippen LogP contribution in [0.5, 0.6) is 0 Å². The van der Waals surface area contributed by atoms with Crippen LogP contribution >= 0.6 is 11.3 Å². The molecule has 0 aromatic carbocycles. The number of carbonyl (C=O) groups excluding carboxylic acids is 2. The summed E-state index contributed by atoms with van der Waals surface area (Å²) in [5.74, 6) is -1.64. The van der Waals surface area contributed by atoms with Gasteiger partial charge in [0.05, 0.1) is 6.61 Å². The molecule has 0 unspecified atom stereocenters. The maximum Gasteiger partial charge on any atom is 0.435 e. The van der Waals surface area contributed by atoms with Gasteiger partial charge in [-0.1, -0.05) is 17.8 Å². The number of amides is 1. The molecule has 1 amide bonds. The van der Waals surface area contributed by atoms with Gasteiger partial charge in [0.2, 0.25) is 5.91 Å². The molecule has 1 aromatic rings. The lowest BCUT2D eigenvalue weighted by Gasteiger charge is -2.23. The van der Waals surface area contributed by atoms with Crippen LogP contribution in [0.4, 0.5) is 18.3 Å². The number of nitrogens with one attached hydrogen (secondary N) is 1. The monoisotopic (exact) mass is 322 g/mol. The standard InChI is InChI=1S/C12H13F3N2O3S/c1-2-20-10(19)7-8(12(13,14)15)16-11(21-7)17-9(18)6-4-3-5-6/h6H,2-5H2,1H3,(H,16,17,18). The lowest BCUT2D eigenvalue weighted by molar-refractivity contribution is -0.141. The fourth-order valence-electron chi connectivity index (χ4n) is 1.78. The first-order valence-corrected chi connectivity index (χ1v) is 7.20. The van der Waals surface area contributed by atoms with Crippen molar-refractivity contribution in [2.24, 2.45) is 5.92 Å². The first-order valence-electron chi connectivity index (χ1n) is 6.39. The predicted molar refractivity (Wildman–Crippen MR) is 69.0 cm³/mol. The fraction of sp³-hybridized carbons (Fsp3) is 0.583. The summed E-state index contributed by atoms with van der Waals surface area (Å²) in [7, 11) is 0. The molecule has 1 N–H and O–H groups in total. The molecule has 0 saturated heterocycles. The molecule has 5 nitrogen and oxygen atoms in total. The summed E-state index contributed by atoms with van der Waals surface area (Å²) in [4.78, 5) is 25.9. The molecule has 0 spiro atoms. The van der Waals surface area contributed by atoms with Crippen molar-refractivity contribution in [3.8, 4) is 0 Å². The molecule has 0 atom stereocenters. The smallest absolute Gasteiger partial charge is 0.435 e. The second-order valence-electron chi connectivity index (χ2n) is 4.53. The Bertz CT molecular complexity index is 552. The second kappa shape index (κ2) is 6.00. The Hall–Kier alpha value is -1.64. The van der Waals surface area contributed by atoms with Crippen LogP contribution in [0.1, 0.15) is 41.6 Å². The number of ether oxygens (including phenoxy) is 1. The van der Waals surface area contributed by atoms with Gasteiger partial charge in [0.15, 0.2) is 10.8 Å². The van der Waals surface area contributed by atoms with Gasteiger partial charge in [-0.15, -0.1) is 0 Å². The van der Waals surface area contributed by atoms with Crippen LogP contribution in [-0.4, -0.2) is 23.5 Å². The van der Waals surface area contributed by atoms with Crippen molar-refractivity contribution in [2.75, 3.05) is 11.9 Å². The van der Waals surface area contributed by atoms with Gasteiger partial charge < -0.3 is 10.1 Å². The summed E-state index contributed by atoms with van der Waals surface area (Å²) in [6.45, 7) is 1.45. The molecule has 0 aliphatic heterocycles. The summed E-state index contributed by atoms with van der Waals surface area (Å²) in [5.41, 5.74) is -1.32. The molecule has 1 fully saturated rings. The highest BCUT2D eigenvalue weighted by Crippen LogP contribution is 2.37. The number of esters is 1. The number of carbonyl (C=O) groups is 2. The Kier molecular flexibility index (Phi) is 4.50. The van der Waals surface area contributed by atoms with E-state index in [1.165, 1.54) is 6.92 Å². The van der Waals surface area contributed by atoms with Gasteiger partial charge in [0, 0.05) is 5.92 Å². The van der Waals surface area contributed by atoms with Crippen molar-refractivity contribution in [2.45, 2.75) is 32.4 Å². The van der Waals surface area contributed by atoms with Gasteiger partial charge >= 0.3 is 12.1 Å². The summed E-state index contributed by atoms with van der Waals surface area (Å²) in [5, 5.41) is 2.10. The molecule has 116 valence electrons. The maximum atomic E-state index is 12.9. The molecule has 0 bridgehead atoms. The van der Waals surface area contributed by atoms with Crippen LogP contribution in [0.25, 0.3) is 0 Å². The average Bonchev–Trinajstić information content (AvgIpc) is 2.70. The molecule has 1 saturated carbocycles. The minimum absolute atomic E-state index is 0.0439. The predicted octanol–water partition coefficient (Wildman–Crippen LogP) is 3.08. The topological polar surface area (TPSA) is 68.3 Å². The van der Waals surface area contributed by atoms with E-state index >= 15 is 0 Å². The number of anilines is 1. The molecule has 0 radical (unpaired) electrons. The number of aromatic nitrogens is 1. The second-order valence-corrected chi connectivity index (χ2v) is 5.53. The molecule has 1 heterocycles. The van der Waals surface area contributed by atoms with Crippen LogP contribution in [0.3, 0.4) is 0 Å². The molecule has 21 heavy (non-hydrogen) atoms. The van der Waals surface area contributed by atoms with Crippen molar-refractivity contribution in [1.29, 1.82) is 0 Å². The largest absolute Gasteiger partial charge is 0.462 e. The van der Waals surface area contributed by atoms with Gasteiger partial charge in [0.25, 0.3) is 0 Å². The highest BCUT2D eigenvalue weighted by Gasteiger charge is 2.40. The van der Waals surface area contributed by atoms with Gasteiger partial charge in [-0.3, -0.25) is 4.79 Å². The molecular weight excluding hydrogens is 309 g/mol. The lowest BCUT2D eigenvalue weighted by atomic mass is 9.85. The van der Waals surface area contributed by atoms with Crippen LogP contribution in [-0.2, 0) is 15.7 Å². The summed E-state index contributed by atoms with van der Waals surface area (Å²) in [6.07, 6.45) is -2.42. The zero-order chi connectivity index (χ0) is 15.6. The Labute approximate surface area is 122 Å². The zero-order valence-electron chi connectivity index (χ0n) is 11.1. The van der Waals surface area contributed by atoms with E-state index in [1.54, 1.807) is 0 Å². The summed E-state index contributed by atoms with van der Waals surface area (Å²) < 4.78 is 43.2. The van der Waals surface area contributed by atoms with Gasteiger partial charge in [-0.25, -0.2) is 9.78 Å². The quantitative estimate of drug-likeness (QED) is 0.865. The zero-order valence-corrected chi connectivity index (χ0v) is 11.9. The van der Waals surface area contributed by atoms with Crippen molar-refractivity contribution < 1.29 is 27.5 Å². The number of halogens is 3. The van der Waals surface area contributed by atoms with E-state index < -0.39 is 22.7 Å². The minimum Gasteiger partial charge on any atom is -0.462 e. The first-order chi connectivity index (χ1) is 9.82. The number of rotatable bonds is 4. The third kappa shape index (κ3) is 3.52. The van der Waals surface area contributed by atoms with E-state index in [-0.39, 0.29) is 23.6 Å². The van der Waals surface area contributed by atoms with Crippen molar-refractivity contribution in [1.82, 2.24) is 4.98 Å². The molecule has 1 aromatic heterocycles. The number of nitrogens with zero attached hydrogens (tertiary/aromatic N) is 1. The molecule has 2 rings (SSSR count). The third-order valence-electron chi connectivity index (χ3n) is 3.06. The van der Waals surface area contributed by atoms with E-state index in [4.69, 9.17) is 0 Å². The Morgan fingerprint density at radius 2 is 2.10 bits per heavy atom. The van der Waals surface area contributed by atoms with E-state index in [9.17, 15) is 22.8 Å². The Morgan fingerprint density at radius 1 is 1.43 bits per heavy atom. The minimum atomic E-state index is -4.78. The molecular formula is C12H13F3N2O3S. The summed E-state index contributed by atoms with van der Waals surface area (Å²) in [6, 6.07) is 0. The maximum absolute atomic E-state index is 12.9. The van der Waals surface area contributed by atoms with Crippen LogP contribution in [0.15, 0.2) is 0 Å². The van der Waals surface area contributed by atoms with Gasteiger partial charge in [-0.05, 0) is 19.8 Å². The highest BCUT2D eigenvalue weighted by atomic mass is 32.1. The van der Waals surface area contributed by atoms with Crippen molar-refractivity contribution in [3.05, 3.63) is 10.6 Å². The Morgan fingerprint density at radius 3 is 2.57 bits per heavy atom. The fourth-order valence-corrected chi connectivity index (χ4v) is 2.66. The number of alkyl halides is 3. The normalized spacial score (nSPS) is 15.4. The van der Waals surface area contributed by atoms with Crippen LogP contribution < -0.4 is 5.32 Å². The first kappa shape index (κ1) is 15.7. The number of hydrogen-bond acceptors (Lipinski definition) is 5. The van der Waals surface area contributed by atoms with E-state index in [0.717, 1.165) is 6.42 Å². The molecule has 1 aliphatic rings. The lowest BCUT2D eigenvalue weighted by Crippen LogP contribution is -2.28. The number of thiazole rings is 1. The van der Waals surface area contributed by atoms with E-state index in [1.807, 2.05) is 0 Å².